The molecule has 1 aliphatic carbocycles. The van der Waals surface area contributed by atoms with E-state index in [0.717, 1.165) is 37.8 Å². The summed E-state index contributed by atoms with van der Waals surface area (Å²) in [5.74, 6) is -3.15. The van der Waals surface area contributed by atoms with Crippen molar-refractivity contribution in [1.29, 1.82) is 0 Å². The van der Waals surface area contributed by atoms with E-state index in [0.29, 0.717) is 12.1 Å². The number of benzene rings is 1. The number of carbonyl (C=O) groups is 3. The fourth-order valence-electron chi connectivity index (χ4n) is 4.97. The van der Waals surface area contributed by atoms with Crippen LogP contribution in [0, 0.1) is 17.6 Å². The summed E-state index contributed by atoms with van der Waals surface area (Å²) in [5.41, 5.74) is 0.533. The number of para-hydroxylation sites is 1. The summed E-state index contributed by atoms with van der Waals surface area (Å²) in [5, 5.41) is 11.9. The van der Waals surface area contributed by atoms with Crippen molar-refractivity contribution < 1.29 is 33.0 Å². The summed E-state index contributed by atoms with van der Waals surface area (Å²) in [4.78, 5) is 41.1. The van der Waals surface area contributed by atoms with Crippen LogP contribution in [0.5, 0.6) is 5.75 Å². The molecule has 1 aromatic carbocycles. The minimum atomic E-state index is -0.882. The Balaban J connectivity index is 1.46. The van der Waals surface area contributed by atoms with E-state index in [1.54, 1.807) is 23.3 Å². The number of rotatable bonds is 10. The zero-order valence-corrected chi connectivity index (χ0v) is 20.7. The molecule has 2 aliphatic heterocycles. The Morgan fingerprint density at radius 3 is 2.57 bits per heavy atom. The number of carbonyl (C=O) groups excluding carboxylic acids is 3. The zero-order chi connectivity index (χ0) is 26.5. The first-order valence-corrected chi connectivity index (χ1v) is 12.5. The second-order valence-corrected chi connectivity index (χ2v) is 9.67. The lowest BCUT2D eigenvalue weighted by Gasteiger charge is -2.31. The summed E-state index contributed by atoms with van der Waals surface area (Å²) in [6, 6.07) is 2.36. The first-order chi connectivity index (χ1) is 17.7. The van der Waals surface area contributed by atoms with Crippen molar-refractivity contribution in [2.24, 2.45) is 5.92 Å². The van der Waals surface area contributed by atoms with Crippen molar-refractivity contribution in [3.63, 3.8) is 0 Å². The molecule has 0 aromatic heterocycles. The molecule has 1 fully saturated rings. The molecule has 2 atom stereocenters. The van der Waals surface area contributed by atoms with Gasteiger partial charge in [0.05, 0.1) is 13.1 Å². The normalized spacial score (nSPS) is 20.6. The molecule has 0 saturated heterocycles. The fraction of sp³-hybridized carbons (Fsp3) is 0.444. The van der Waals surface area contributed by atoms with Gasteiger partial charge >= 0.3 is 0 Å². The molecule has 1 unspecified atom stereocenters. The zero-order valence-electron chi connectivity index (χ0n) is 20.7. The number of amides is 2. The highest BCUT2D eigenvalue weighted by Gasteiger charge is 2.37. The van der Waals surface area contributed by atoms with Gasteiger partial charge in [-0.3, -0.25) is 14.4 Å². The predicted molar refractivity (Wildman–Crippen MR) is 131 cm³/mol. The fourth-order valence-corrected chi connectivity index (χ4v) is 4.97. The summed E-state index contributed by atoms with van der Waals surface area (Å²) in [7, 11) is 0. The number of nitrogens with zero attached hydrogens (tertiary/aromatic N) is 2. The molecular formula is C27H31F2N3O5. The number of aliphatic hydroxyl groups is 1. The Morgan fingerprint density at radius 1 is 1.22 bits per heavy atom. The second kappa shape index (κ2) is 11.7. The molecule has 2 amide bonds. The molecule has 8 nitrogen and oxygen atoms in total. The minimum Gasteiger partial charge on any atom is -0.453 e. The Bertz CT molecular complexity index is 1120. The van der Waals surface area contributed by atoms with Gasteiger partial charge in [-0.05, 0) is 43.5 Å². The first-order valence-electron chi connectivity index (χ1n) is 12.5. The monoisotopic (exact) mass is 515 g/mol. The van der Waals surface area contributed by atoms with Gasteiger partial charge < -0.3 is 25.0 Å². The highest BCUT2D eigenvalue weighted by Crippen LogP contribution is 2.32. The van der Waals surface area contributed by atoms with Gasteiger partial charge in [0, 0.05) is 24.0 Å². The summed E-state index contributed by atoms with van der Waals surface area (Å²) in [6.45, 7) is 1.28. The number of allylic oxidation sites excluding steroid dienone is 1. The third-order valence-electron chi connectivity index (χ3n) is 6.95. The largest absolute Gasteiger partial charge is 0.453 e. The lowest BCUT2D eigenvalue weighted by atomic mass is 9.96. The number of hydrogen-bond acceptors (Lipinski definition) is 6. The predicted octanol–water partition coefficient (Wildman–Crippen LogP) is 2.80. The third-order valence-corrected chi connectivity index (χ3v) is 6.95. The molecule has 10 heteroatoms. The molecule has 2 N–H and O–H groups in total. The van der Waals surface area contributed by atoms with Crippen molar-refractivity contribution in [2.75, 3.05) is 19.7 Å². The van der Waals surface area contributed by atoms with E-state index in [4.69, 9.17) is 9.84 Å². The molecular weight excluding hydrogens is 484 g/mol. The standard InChI is InChI=1S/C27H31F2N3O5/c1-17-11-19(9-10-31(17)14-20(34)16-33)30-27(36)24(12-18-5-2-3-6-18)32-15-21(13-25(32)35)37-26-22(28)7-4-8-23(26)29/h4,7-11,13,17-18,24,33H,2-3,5-6,12,14-16H2,1H3,(H,30,36)/t17?,24-/m0/s1. The van der Waals surface area contributed by atoms with Gasteiger partial charge in [-0.2, -0.15) is 0 Å². The van der Waals surface area contributed by atoms with E-state index in [-0.39, 0.29) is 42.5 Å². The summed E-state index contributed by atoms with van der Waals surface area (Å²) in [6.07, 6.45) is 10.8. The van der Waals surface area contributed by atoms with Crippen LogP contribution in [0.3, 0.4) is 0 Å². The number of aliphatic hydroxyl groups excluding tert-OH is 1. The highest BCUT2D eigenvalue weighted by atomic mass is 19.1. The number of ether oxygens (including phenoxy) is 1. The molecule has 3 aliphatic rings. The topological polar surface area (TPSA) is 99.2 Å². The molecule has 37 heavy (non-hydrogen) atoms. The molecule has 2 heterocycles. The van der Waals surface area contributed by atoms with E-state index >= 15 is 0 Å². The van der Waals surface area contributed by atoms with Gasteiger partial charge in [-0.25, -0.2) is 8.78 Å². The number of halogens is 2. The first kappa shape index (κ1) is 26.5. The van der Waals surface area contributed by atoms with E-state index < -0.39 is 35.9 Å². The Morgan fingerprint density at radius 2 is 1.92 bits per heavy atom. The summed E-state index contributed by atoms with van der Waals surface area (Å²) >= 11 is 0. The van der Waals surface area contributed by atoms with E-state index in [9.17, 15) is 23.2 Å². The van der Waals surface area contributed by atoms with E-state index in [1.165, 1.54) is 17.0 Å². The lowest BCUT2D eigenvalue weighted by molar-refractivity contribution is -0.136. The molecule has 4 rings (SSSR count). The molecule has 1 saturated carbocycles. The van der Waals surface area contributed by atoms with Gasteiger partial charge in [0.25, 0.3) is 5.91 Å². The van der Waals surface area contributed by atoms with Crippen molar-refractivity contribution in [3.8, 4) is 5.75 Å². The number of nitrogens with one attached hydrogen (secondary N) is 1. The van der Waals surface area contributed by atoms with Crippen molar-refractivity contribution >= 4 is 17.6 Å². The molecule has 0 bridgehead atoms. The maximum atomic E-state index is 14.1. The second-order valence-electron chi connectivity index (χ2n) is 9.67. The maximum Gasteiger partial charge on any atom is 0.251 e. The Hall–Kier alpha value is -3.53. The van der Waals surface area contributed by atoms with Gasteiger partial charge in [0.2, 0.25) is 5.91 Å². The van der Waals surface area contributed by atoms with Gasteiger partial charge in [0.1, 0.15) is 18.4 Å². The number of ketones is 1. The van der Waals surface area contributed by atoms with Crippen LogP contribution in [-0.2, 0) is 14.4 Å². The summed E-state index contributed by atoms with van der Waals surface area (Å²) < 4.78 is 33.5. The molecule has 0 spiro atoms. The Labute approximate surface area is 214 Å². The quantitative estimate of drug-likeness (QED) is 0.497. The van der Waals surface area contributed by atoms with Crippen LogP contribution in [-0.4, -0.2) is 64.3 Å². The van der Waals surface area contributed by atoms with Crippen LogP contribution in [0.1, 0.15) is 39.0 Å². The van der Waals surface area contributed by atoms with Crippen LogP contribution in [0.25, 0.3) is 0 Å². The van der Waals surface area contributed by atoms with Crippen LogP contribution in [0.15, 0.2) is 54.1 Å². The van der Waals surface area contributed by atoms with Gasteiger partial charge in [-0.1, -0.05) is 31.7 Å². The van der Waals surface area contributed by atoms with Gasteiger partial charge in [0.15, 0.2) is 23.2 Å². The average molecular weight is 516 g/mol. The highest BCUT2D eigenvalue weighted by molar-refractivity contribution is 5.96. The number of Topliss-reactive ketones (excluding diaryl/α,β-unsaturated/α-hetero) is 1. The van der Waals surface area contributed by atoms with E-state index in [1.807, 2.05) is 6.92 Å². The smallest absolute Gasteiger partial charge is 0.251 e. The van der Waals surface area contributed by atoms with Gasteiger partial charge in [-0.15, -0.1) is 0 Å². The molecule has 1 aromatic rings. The third kappa shape index (κ3) is 6.43. The van der Waals surface area contributed by atoms with Crippen molar-refractivity contribution in [1.82, 2.24) is 15.1 Å². The van der Waals surface area contributed by atoms with Crippen molar-refractivity contribution in [2.45, 2.75) is 51.1 Å². The minimum absolute atomic E-state index is 0.0511. The van der Waals surface area contributed by atoms with Crippen LogP contribution < -0.4 is 10.1 Å². The average Bonchev–Trinajstić information content (AvgIpc) is 3.50. The van der Waals surface area contributed by atoms with Crippen molar-refractivity contribution in [3.05, 3.63) is 65.7 Å². The SMILES string of the molecule is CC1C=C(NC(=O)[C@H](CC2CCCC2)N2CC(Oc3c(F)cccc3F)=CC2=O)C=CN1CC(=O)CO. The molecule has 0 radical (unpaired) electrons. The van der Waals surface area contributed by atoms with E-state index in [2.05, 4.69) is 5.32 Å². The van der Waals surface area contributed by atoms with Crippen LogP contribution >= 0.6 is 0 Å². The Kier molecular flexibility index (Phi) is 8.38. The maximum absolute atomic E-state index is 14.1. The number of hydrogen-bond donors (Lipinski definition) is 2. The van der Waals surface area contributed by atoms with Crippen LogP contribution in [0.2, 0.25) is 0 Å². The van der Waals surface area contributed by atoms with Crippen LogP contribution in [0.4, 0.5) is 8.78 Å². The lowest BCUT2D eigenvalue weighted by Crippen LogP contribution is -2.49. The molecule has 198 valence electrons.